The highest BCUT2D eigenvalue weighted by molar-refractivity contribution is 7.20. The molecule has 2 atom stereocenters. The minimum Gasteiger partial charge on any atom is -0.497 e. The number of piperidine rings is 2. The minimum absolute atomic E-state index is 0.0690. The van der Waals surface area contributed by atoms with E-state index in [0.717, 1.165) is 42.5 Å². The number of thiazole rings is 1. The van der Waals surface area contributed by atoms with Crippen molar-refractivity contribution in [2.75, 3.05) is 33.3 Å². The molecular weight excluding hydrogens is 681 g/mol. The van der Waals surface area contributed by atoms with Crippen molar-refractivity contribution in [2.45, 2.75) is 43.9 Å². The fraction of sp³-hybridized carbons (Fsp3) is 0.333. The number of nitrogens with zero attached hydrogens (tertiary/aromatic N) is 6. The first kappa shape index (κ1) is 33.5. The summed E-state index contributed by atoms with van der Waals surface area (Å²) in [5.74, 6) is 0.837. The number of fused-ring (bicyclic) bond motifs is 1. The summed E-state index contributed by atoms with van der Waals surface area (Å²) in [7, 11) is 1.62. The van der Waals surface area contributed by atoms with Gasteiger partial charge in [-0.15, -0.1) is 22.7 Å². The smallest absolute Gasteiger partial charge is 0.262 e. The van der Waals surface area contributed by atoms with Gasteiger partial charge < -0.3 is 19.3 Å². The zero-order valence-electron chi connectivity index (χ0n) is 28.4. The van der Waals surface area contributed by atoms with E-state index in [1.165, 1.54) is 26.2 Å². The van der Waals surface area contributed by atoms with E-state index in [-0.39, 0.29) is 29.8 Å². The first-order chi connectivity index (χ1) is 24.9. The van der Waals surface area contributed by atoms with Crippen molar-refractivity contribution in [1.82, 2.24) is 28.9 Å². The molecule has 262 valence electrons. The lowest BCUT2D eigenvalue weighted by atomic mass is 9.79. The fourth-order valence-electron chi connectivity index (χ4n) is 7.58. The molecule has 1 amide bonds. The number of aromatic nitrogens is 4. The van der Waals surface area contributed by atoms with Crippen LogP contribution in [0.15, 0.2) is 102 Å². The zero-order valence-corrected chi connectivity index (χ0v) is 30.1. The number of hydrogen-bond donors (Lipinski definition) is 1. The molecule has 6 aromatic rings. The Morgan fingerprint density at radius 1 is 1.00 bits per heavy atom. The van der Waals surface area contributed by atoms with Gasteiger partial charge in [-0.3, -0.25) is 19.1 Å². The topological polar surface area (TPSA) is 106 Å². The zero-order chi connectivity index (χ0) is 35.0. The van der Waals surface area contributed by atoms with Crippen molar-refractivity contribution in [3.05, 3.63) is 118 Å². The number of aliphatic hydroxyl groups is 1. The van der Waals surface area contributed by atoms with Gasteiger partial charge in [-0.2, -0.15) is 0 Å². The van der Waals surface area contributed by atoms with E-state index in [4.69, 9.17) is 4.74 Å². The molecule has 51 heavy (non-hydrogen) atoms. The van der Waals surface area contributed by atoms with E-state index >= 15 is 0 Å². The van der Waals surface area contributed by atoms with Crippen molar-refractivity contribution in [3.63, 3.8) is 0 Å². The van der Waals surface area contributed by atoms with Crippen LogP contribution >= 0.6 is 22.7 Å². The molecule has 2 aromatic carbocycles. The molecule has 0 spiro atoms. The number of thiophene rings is 1. The Kier molecular flexibility index (Phi) is 9.32. The summed E-state index contributed by atoms with van der Waals surface area (Å²) in [5, 5.41) is 15.3. The van der Waals surface area contributed by atoms with Gasteiger partial charge in [0, 0.05) is 61.0 Å². The van der Waals surface area contributed by atoms with E-state index < -0.39 is 5.60 Å². The normalized spacial score (nSPS) is 19.4. The molecule has 0 saturated carbocycles. The lowest BCUT2D eigenvalue weighted by Crippen LogP contribution is -2.53. The fourth-order valence-corrected chi connectivity index (χ4v) is 9.34. The molecule has 6 heterocycles. The first-order valence-corrected chi connectivity index (χ1v) is 19.0. The van der Waals surface area contributed by atoms with Crippen LogP contribution in [0.4, 0.5) is 0 Å². The molecule has 0 aliphatic carbocycles. The first-order valence-electron chi connectivity index (χ1n) is 17.4. The molecule has 1 N–H and O–H groups in total. The second kappa shape index (κ2) is 14.2. The quantitative estimate of drug-likeness (QED) is 0.194. The second-order valence-corrected chi connectivity index (χ2v) is 15.7. The van der Waals surface area contributed by atoms with Crippen LogP contribution in [0.25, 0.3) is 26.6 Å². The van der Waals surface area contributed by atoms with Crippen molar-refractivity contribution >= 4 is 39.6 Å². The van der Waals surface area contributed by atoms with Crippen molar-refractivity contribution in [3.8, 4) is 21.3 Å². The Morgan fingerprint density at radius 2 is 1.80 bits per heavy atom. The van der Waals surface area contributed by atoms with Gasteiger partial charge in [-0.1, -0.05) is 36.4 Å². The maximum atomic E-state index is 14.2. The standard InChI is InChI=1S/C39H40N6O4S2/c1-49-29-11-9-28(10-12-29)45-18-14-32-35(45)41-26-44(38(32)47)25-39(48)15-19-43(20-16-39)37(46)31-13-17-42(24-33(31)27-6-3-2-4-7-27)23-30-22-40-36(51-30)34-8-5-21-50-34/h2-12,14,18,21-22,26,31,33,48H,13,15-17,19-20,23-25H2,1H3/t31-,33+/m1/s1. The molecule has 2 fully saturated rings. The molecule has 2 saturated heterocycles. The average Bonchev–Trinajstić information content (AvgIpc) is 3.96. The van der Waals surface area contributed by atoms with Gasteiger partial charge >= 0.3 is 0 Å². The van der Waals surface area contributed by atoms with Crippen LogP contribution in [0, 0.1) is 5.92 Å². The lowest BCUT2D eigenvalue weighted by Gasteiger charge is -2.43. The SMILES string of the molecule is COc1ccc(-n2ccc3c(=O)n(CC4(O)CCN(C(=O)[C@@H]5CCN(Cc6cnc(-c7cccs7)s6)C[C@H]5c5ccccc5)CC4)cnc32)cc1. The van der Waals surface area contributed by atoms with Gasteiger partial charge in [0.25, 0.3) is 5.56 Å². The third-order valence-corrected chi connectivity index (χ3v) is 12.4. The summed E-state index contributed by atoms with van der Waals surface area (Å²) in [6.07, 6.45) is 6.90. The number of amides is 1. The van der Waals surface area contributed by atoms with E-state index in [9.17, 15) is 14.7 Å². The summed E-state index contributed by atoms with van der Waals surface area (Å²) in [5.41, 5.74) is 1.30. The van der Waals surface area contributed by atoms with E-state index in [1.54, 1.807) is 35.8 Å². The average molecular weight is 721 g/mol. The Labute approximate surface area is 304 Å². The third-order valence-electron chi connectivity index (χ3n) is 10.4. The number of hydrogen-bond acceptors (Lipinski definition) is 9. The van der Waals surface area contributed by atoms with Crippen LogP contribution in [-0.2, 0) is 17.9 Å². The molecule has 12 heteroatoms. The number of rotatable bonds is 9. The summed E-state index contributed by atoms with van der Waals surface area (Å²) in [6.45, 7) is 3.46. The summed E-state index contributed by atoms with van der Waals surface area (Å²) in [6, 6.07) is 23.9. The largest absolute Gasteiger partial charge is 0.497 e. The Hall–Kier alpha value is -4.62. The van der Waals surface area contributed by atoms with E-state index in [2.05, 4.69) is 56.6 Å². The maximum Gasteiger partial charge on any atom is 0.262 e. The summed E-state index contributed by atoms with van der Waals surface area (Å²) in [4.78, 5) is 43.8. The van der Waals surface area contributed by atoms with Gasteiger partial charge in [-0.05, 0) is 73.1 Å². The molecule has 2 aliphatic heterocycles. The van der Waals surface area contributed by atoms with Gasteiger partial charge in [0.05, 0.1) is 29.5 Å². The van der Waals surface area contributed by atoms with Gasteiger partial charge in [-0.25, -0.2) is 9.97 Å². The minimum atomic E-state index is -1.12. The molecule has 10 nitrogen and oxygen atoms in total. The van der Waals surface area contributed by atoms with Gasteiger partial charge in [0.2, 0.25) is 5.91 Å². The Balaban J connectivity index is 0.928. The van der Waals surface area contributed by atoms with Crippen LogP contribution < -0.4 is 10.3 Å². The highest BCUT2D eigenvalue weighted by Crippen LogP contribution is 2.37. The van der Waals surface area contributed by atoms with Crippen LogP contribution in [0.2, 0.25) is 0 Å². The number of ether oxygens (including phenoxy) is 1. The number of methoxy groups -OCH3 is 1. The van der Waals surface area contributed by atoms with Crippen molar-refractivity contribution < 1.29 is 14.6 Å². The van der Waals surface area contributed by atoms with E-state index in [1.807, 2.05) is 52.2 Å². The Bertz CT molecular complexity index is 2170. The number of benzene rings is 2. The molecule has 0 radical (unpaired) electrons. The maximum absolute atomic E-state index is 14.2. The molecule has 0 unspecified atom stereocenters. The highest BCUT2D eigenvalue weighted by atomic mass is 32.1. The molecule has 0 bridgehead atoms. The van der Waals surface area contributed by atoms with E-state index in [0.29, 0.717) is 37.0 Å². The molecule has 8 rings (SSSR count). The van der Waals surface area contributed by atoms with Crippen molar-refractivity contribution in [2.24, 2.45) is 5.92 Å². The lowest BCUT2D eigenvalue weighted by molar-refractivity contribution is -0.142. The van der Waals surface area contributed by atoms with Crippen LogP contribution in [0.1, 0.15) is 35.6 Å². The van der Waals surface area contributed by atoms with Crippen LogP contribution in [0.3, 0.4) is 0 Å². The van der Waals surface area contributed by atoms with Crippen LogP contribution in [-0.4, -0.2) is 78.8 Å². The second-order valence-electron chi connectivity index (χ2n) is 13.6. The van der Waals surface area contributed by atoms with Gasteiger partial charge in [0.1, 0.15) is 17.1 Å². The molecule has 2 aliphatic rings. The van der Waals surface area contributed by atoms with Crippen LogP contribution in [0.5, 0.6) is 5.75 Å². The molecule has 4 aromatic heterocycles. The number of carbonyl (C=O) groups is 1. The predicted octanol–water partition coefficient (Wildman–Crippen LogP) is 6.04. The number of carbonyl (C=O) groups excluding carboxylic acids is 1. The molecular formula is C39H40N6O4S2. The predicted molar refractivity (Wildman–Crippen MR) is 201 cm³/mol. The number of likely N-dealkylation sites (tertiary alicyclic amines) is 2. The highest BCUT2D eigenvalue weighted by Gasteiger charge is 2.41. The summed E-state index contributed by atoms with van der Waals surface area (Å²) >= 11 is 3.45. The Morgan fingerprint density at radius 3 is 2.55 bits per heavy atom. The van der Waals surface area contributed by atoms with Gasteiger partial charge in [0.15, 0.2) is 5.65 Å². The monoisotopic (exact) mass is 720 g/mol. The summed E-state index contributed by atoms with van der Waals surface area (Å²) < 4.78 is 8.64. The van der Waals surface area contributed by atoms with Crippen molar-refractivity contribution in [1.29, 1.82) is 0 Å². The third kappa shape index (κ3) is 6.88.